The van der Waals surface area contributed by atoms with Gasteiger partial charge in [-0.25, -0.2) is 15.0 Å². The molecule has 3 aromatic rings. The summed E-state index contributed by atoms with van der Waals surface area (Å²) in [5, 5.41) is 13.0. The van der Waals surface area contributed by atoms with Crippen molar-refractivity contribution in [2.24, 2.45) is 0 Å². The topological polar surface area (TPSA) is 112 Å². The highest BCUT2D eigenvalue weighted by Gasteiger charge is 2.32. The highest BCUT2D eigenvalue weighted by molar-refractivity contribution is 5.67. The minimum atomic E-state index is 0.136. The second kappa shape index (κ2) is 11.0. The molecule has 3 aromatic heterocycles. The van der Waals surface area contributed by atoms with E-state index in [1.807, 2.05) is 24.3 Å². The van der Waals surface area contributed by atoms with Crippen LogP contribution in [0.4, 0.5) is 17.5 Å². The molecule has 0 spiro atoms. The van der Waals surface area contributed by atoms with E-state index in [0.717, 1.165) is 62.8 Å². The molecule has 10 nitrogen and oxygen atoms in total. The van der Waals surface area contributed by atoms with Gasteiger partial charge in [-0.3, -0.25) is 9.88 Å². The maximum absolute atomic E-state index is 9.83. The normalized spacial score (nSPS) is 20.3. The van der Waals surface area contributed by atoms with Crippen LogP contribution >= 0.6 is 0 Å². The Morgan fingerprint density at radius 3 is 2.72 bits per heavy atom. The molecule has 0 saturated carbocycles. The van der Waals surface area contributed by atoms with Crippen LogP contribution in [0.2, 0.25) is 0 Å². The lowest BCUT2D eigenvalue weighted by Gasteiger charge is -2.26. The molecular formula is C26H30N8O2. The maximum Gasteiger partial charge on any atom is 0.227 e. The Balaban J connectivity index is 1.29. The van der Waals surface area contributed by atoms with Crippen LogP contribution in [-0.2, 0) is 16.0 Å². The van der Waals surface area contributed by atoms with Crippen molar-refractivity contribution in [2.75, 3.05) is 50.2 Å². The van der Waals surface area contributed by atoms with Gasteiger partial charge in [0, 0.05) is 51.2 Å². The molecular weight excluding hydrogens is 456 g/mol. The van der Waals surface area contributed by atoms with Crippen LogP contribution in [-0.4, -0.2) is 76.9 Å². The zero-order valence-electron chi connectivity index (χ0n) is 20.6. The van der Waals surface area contributed by atoms with Crippen LogP contribution in [0.3, 0.4) is 0 Å². The maximum atomic E-state index is 9.83. The summed E-state index contributed by atoms with van der Waals surface area (Å²) < 4.78 is 11.0. The molecule has 2 aliphatic rings. The van der Waals surface area contributed by atoms with Gasteiger partial charge in [-0.1, -0.05) is 0 Å². The lowest BCUT2D eigenvalue weighted by atomic mass is 10.1. The molecule has 1 N–H and O–H groups in total. The van der Waals surface area contributed by atoms with Crippen LogP contribution in [0.1, 0.15) is 24.6 Å². The molecule has 0 aromatic carbocycles. The number of ether oxygens (including phenoxy) is 2. The molecule has 36 heavy (non-hydrogen) atoms. The highest BCUT2D eigenvalue weighted by atomic mass is 16.5. The summed E-state index contributed by atoms with van der Waals surface area (Å²) in [4.78, 5) is 22.7. The van der Waals surface area contributed by atoms with Crippen molar-refractivity contribution < 1.29 is 9.47 Å². The molecule has 2 unspecified atom stereocenters. The molecule has 2 fully saturated rings. The number of pyridine rings is 2. The van der Waals surface area contributed by atoms with E-state index in [1.165, 1.54) is 0 Å². The van der Waals surface area contributed by atoms with E-state index in [-0.39, 0.29) is 12.1 Å². The molecule has 0 aliphatic carbocycles. The van der Waals surface area contributed by atoms with Gasteiger partial charge in [0.1, 0.15) is 11.9 Å². The lowest BCUT2D eigenvalue weighted by molar-refractivity contribution is 0.0336. The highest BCUT2D eigenvalue weighted by Crippen LogP contribution is 2.30. The summed E-state index contributed by atoms with van der Waals surface area (Å²) in [5.74, 6) is 1.14. The molecule has 0 bridgehead atoms. The minimum absolute atomic E-state index is 0.136. The summed E-state index contributed by atoms with van der Waals surface area (Å²) in [7, 11) is 1.73. The fourth-order valence-electron chi connectivity index (χ4n) is 4.72. The van der Waals surface area contributed by atoms with E-state index < -0.39 is 0 Å². The molecule has 2 aliphatic heterocycles. The molecule has 2 atom stereocenters. The second-order valence-corrected chi connectivity index (χ2v) is 9.02. The summed E-state index contributed by atoms with van der Waals surface area (Å²) in [6.45, 7) is 7.11. The Kier molecular flexibility index (Phi) is 7.32. The van der Waals surface area contributed by atoms with Gasteiger partial charge in [0.15, 0.2) is 0 Å². The van der Waals surface area contributed by atoms with Crippen molar-refractivity contribution in [2.45, 2.75) is 32.0 Å². The first-order chi connectivity index (χ1) is 17.6. The minimum Gasteiger partial charge on any atom is -0.379 e. The summed E-state index contributed by atoms with van der Waals surface area (Å²) in [6, 6.07) is 10.1. The Hall–Kier alpha value is -3.65. The van der Waals surface area contributed by atoms with Crippen LogP contribution in [0.15, 0.2) is 42.9 Å². The van der Waals surface area contributed by atoms with Gasteiger partial charge in [0.2, 0.25) is 5.95 Å². The standard InChI is InChI=1S/C26H30N8O2/c1-18-24(35-2)6-8-34(18)25-19(14-27)13-20(15-30-25)23-5-7-28-26(32-23)31-21-3-4-22(29-16-21)17-33-9-11-36-12-10-33/h3-5,7,13,15-16,18,24H,6,8-12,17H2,1-2H3,(H,28,31,32). The van der Waals surface area contributed by atoms with Gasteiger partial charge < -0.3 is 19.7 Å². The summed E-state index contributed by atoms with van der Waals surface area (Å²) in [6.07, 6.45) is 6.29. The predicted octanol–water partition coefficient (Wildman–Crippen LogP) is 2.99. The first-order valence-electron chi connectivity index (χ1n) is 12.2. The first kappa shape index (κ1) is 24.1. The molecule has 10 heteroatoms. The second-order valence-electron chi connectivity index (χ2n) is 9.02. The van der Waals surface area contributed by atoms with E-state index in [1.54, 1.807) is 25.7 Å². The average molecular weight is 487 g/mol. The number of anilines is 3. The van der Waals surface area contributed by atoms with E-state index in [2.05, 4.69) is 48.0 Å². The third kappa shape index (κ3) is 5.28. The summed E-state index contributed by atoms with van der Waals surface area (Å²) >= 11 is 0. The fraction of sp³-hybridized carbons (Fsp3) is 0.423. The van der Waals surface area contributed by atoms with E-state index >= 15 is 0 Å². The number of methoxy groups -OCH3 is 1. The Bertz CT molecular complexity index is 1220. The van der Waals surface area contributed by atoms with Gasteiger partial charge in [-0.15, -0.1) is 0 Å². The number of morpholine rings is 1. The van der Waals surface area contributed by atoms with Gasteiger partial charge in [0.05, 0.1) is 54.2 Å². The van der Waals surface area contributed by atoms with Crippen molar-refractivity contribution in [3.8, 4) is 17.3 Å². The number of nitriles is 1. The third-order valence-corrected chi connectivity index (χ3v) is 6.77. The first-order valence-corrected chi connectivity index (χ1v) is 12.2. The zero-order valence-corrected chi connectivity index (χ0v) is 20.6. The van der Waals surface area contributed by atoms with Gasteiger partial charge in [-0.05, 0) is 37.6 Å². The molecule has 5 heterocycles. The molecule has 0 radical (unpaired) electrons. The van der Waals surface area contributed by atoms with Crippen LogP contribution < -0.4 is 10.2 Å². The molecule has 2 saturated heterocycles. The van der Waals surface area contributed by atoms with E-state index in [4.69, 9.17) is 9.47 Å². The fourth-order valence-corrected chi connectivity index (χ4v) is 4.72. The number of aromatic nitrogens is 4. The SMILES string of the molecule is COC1CCN(c2ncc(-c3ccnc(Nc4ccc(CN5CCOCC5)nc4)n3)cc2C#N)C1C. The van der Waals surface area contributed by atoms with Crippen molar-refractivity contribution in [1.82, 2.24) is 24.8 Å². The summed E-state index contributed by atoms with van der Waals surface area (Å²) in [5.41, 5.74) is 3.78. The predicted molar refractivity (Wildman–Crippen MR) is 136 cm³/mol. The Morgan fingerprint density at radius 1 is 1.14 bits per heavy atom. The molecule has 5 rings (SSSR count). The van der Waals surface area contributed by atoms with Crippen molar-refractivity contribution in [1.29, 1.82) is 5.26 Å². The number of rotatable bonds is 7. The monoisotopic (exact) mass is 486 g/mol. The number of hydrogen-bond acceptors (Lipinski definition) is 10. The smallest absolute Gasteiger partial charge is 0.227 e. The zero-order chi connectivity index (χ0) is 24.9. The molecule has 0 amide bonds. The average Bonchev–Trinajstić information content (AvgIpc) is 3.30. The van der Waals surface area contributed by atoms with Crippen molar-refractivity contribution in [3.05, 3.63) is 54.1 Å². The van der Waals surface area contributed by atoms with Crippen LogP contribution in [0.25, 0.3) is 11.3 Å². The van der Waals surface area contributed by atoms with Crippen molar-refractivity contribution >= 4 is 17.5 Å². The van der Waals surface area contributed by atoms with E-state index in [0.29, 0.717) is 23.0 Å². The van der Waals surface area contributed by atoms with Crippen LogP contribution in [0.5, 0.6) is 0 Å². The van der Waals surface area contributed by atoms with E-state index in [9.17, 15) is 5.26 Å². The molecule has 186 valence electrons. The number of nitrogens with one attached hydrogen (secondary N) is 1. The number of nitrogens with zero attached hydrogens (tertiary/aromatic N) is 7. The van der Waals surface area contributed by atoms with Gasteiger partial charge in [-0.2, -0.15) is 5.26 Å². The van der Waals surface area contributed by atoms with Crippen LogP contribution in [0, 0.1) is 11.3 Å². The Morgan fingerprint density at radius 2 is 2.00 bits per heavy atom. The van der Waals surface area contributed by atoms with Crippen molar-refractivity contribution in [3.63, 3.8) is 0 Å². The Labute approximate surface area is 210 Å². The quantitative estimate of drug-likeness (QED) is 0.535. The number of hydrogen-bond donors (Lipinski definition) is 1. The van der Waals surface area contributed by atoms with Gasteiger partial charge >= 0.3 is 0 Å². The lowest BCUT2D eigenvalue weighted by Crippen LogP contribution is -2.35. The third-order valence-electron chi connectivity index (χ3n) is 6.77. The largest absolute Gasteiger partial charge is 0.379 e. The van der Waals surface area contributed by atoms with Gasteiger partial charge in [0.25, 0.3) is 0 Å².